The summed E-state index contributed by atoms with van der Waals surface area (Å²) in [6.45, 7) is -0.427. The van der Waals surface area contributed by atoms with E-state index in [0.717, 1.165) is 0 Å². The normalized spacial score (nSPS) is 19.4. The molecule has 1 aliphatic carbocycles. The van der Waals surface area contributed by atoms with Gasteiger partial charge in [-0.05, 0) is 19.3 Å². The molecule has 0 fully saturated rings. The van der Waals surface area contributed by atoms with E-state index in [0.29, 0.717) is 25.1 Å². The highest BCUT2D eigenvalue weighted by Gasteiger charge is 2.30. The second-order valence-corrected chi connectivity index (χ2v) is 7.89. The molecule has 182 valence electrons. The van der Waals surface area contributed by atoms with E-state index < -0.39 is 54.3 Å². The number of carbonyl (C=O) groups is 3. The Kier molecular flexibility index (Phi) is 7.86. The number of hydrogen-bond donors (Lipinski definition) is 7. The Morgan fingerprint density at radius 1 is 1.18 bits per heavy atom. The summed E-state index contributed by atoms with van der Waals surface area (Å²) >= 11 is 0. The number of carbonyl (C=O) groups excluding carboxylic acids is 1. The van der Waals surface area contributed by atoms with Crippen LogP contribution in [-0.4, -0.2) is 71.8 Å². The van der Waals surface area contributed by atoms with Gasteiger partial charge in [-0.25, -0.2) is 14.8 Å². The van der Waals surface area contributed by atoms with Gasteiger partial charge in [-0.1, -0.05) is 12.2 Å². The molecule has 4 atom stereocenters. The highest BCUT2D eigenvalue weighted by atomic mass is 16.4. The Hall–Kier alpha value is -3.91. The molecule has 0 spiro atoms. The minimum Gasteiger partial charge on any atom is -0.481 e. The maximum Gasteiger partial charge on any atom is 0.326 e. The van der Waals surface area contributed by atoms with Crippen molar-refractivity contribution in [2.24, 2.45) is 11.8 Å². The lowest BCUT2D eigenvalue weighted by molar-refractivity contribution is -0.147. The number of nitrogens with one attached hydrogen (secondary N) is 3. The molecule has 0 aliphatic heterocycles. The monoisotopic (exact) mass is 475 g/mol. The van der Waals surface area contributed by atoms with Crippen molar-refractivity contribution in [1.29, 1.82) is 0 Å². The summed E-state index contributed by atoms with van der Waals surface area (Å²) in [4.78, 5) is 61.6. The molecule has 3 rings (SSSR count). The van der Waals surface area contributed by atoms with Crippen molar-refractivity contribution >= 4 is 35.0 Å². The Labute approximate surface area is 192 Å². The van der Waals surface area contributed by atoms with Crippen LogP contribution in [0, 0.1) is 11.8 Å². The summed E-state index contributed by atoms with van der Waals surface area (Å²) in [5.41, 5.74) is 5.73. The molecule has 34 heavy (non-hydrogen) atoms. The standard InChI is InChI=1S/C20H25N7O7/c21-20-26-15-14(17(30)27-20)24-12(7-23-15)6-22-11-3-1-9(2-4-11)16(29)25-13(19(33)34)5-10(8-28)18(31)32/h1,3,7,9-11,13,22,28H,2,4-6,8H2,(H,25,29)(H,31,32)(H,33,34)(H3,21,23,26,27,30). The van der Waals surface area contributed by atoms with E-state index >= 15 is 0 Å². The van der Waals surface area contributed by atoms with Gasteiger partial charge in [0.1, 0.15) is 6.04 Å². The summed E-state index contributed by atoms with van der Waals surface area (Å²) in [7, 11) is 0. The zero-order chi connectivity index (χ0) is 24.8. The van der Waals surface area contributed by atoms with E-state index in [4.69, 9.17) is 15.9 Å². The Bertz CT molecular complexity index is 1170. The summed E-state index contributed by atoms with van der Waals surface area (Å²) in [6.07, 6.45) is 5.49. The third-order valence-corrected chi connectivity index (χ3v) is 5.44. The zero-order valence-corrected chi connectivity index (χ0v) is 18.0. The number of nitrogens with two attached hydrogens (primary N) is 1. The van der Waals surface area contributed by atoms with Crippen molar-refractivity contribution in [1.82, 2.24) is 30.6 Å². The highest BCUT2D eigenvalue weighted by Crippen LogP contribution is 2.19. The fourth-order valence-corrected chi connectivity index (χ4v) is 3.54. The van der Waals surface area contributed by atoms with E-state index in [1.807, 2.05) is 0 Å². The third-order valence-electron chi connectivity index (χ3n) is 5.44. The minimum absolute atomic E-state index is 0.0478. The topological polar surface area (TPSA) is 234 Å². The molecule has 8 N–H and O–H groups in total. The van der Waals surface area contributed by atoms with Crippen LogP contribution in [0.3, 0.4) is 0 Å². The Morgan fingerprint density at radius 3 is 2.56 bits per heavy atom. The lowest BCUT2D eigenvalue weighted by Crippen LogP contribution is -2.46. The number of aromatic nitrogens is 4. The first kappa shape index (κ1) is 24.7. The molecule has 0 radical (unpaired) electrons. The smallest absolute Gasteiger partial charge is 0.326 e. The van der Waals surface area contributed by atoms with Gasteiger partial charge < -0.3 is 31.7 Å². The minimum atomic E-state index is -1.43. The Balaban J connectivity index is 1.55. The van der Waals surface area contributed by atoms with Gasteiger partial charge >= 0.3 is 11.9 Å². The second-order valence-electron chi connectivity index (χ2n) is 7.89. The molecule has 1 amide bonds. The van der Waals surface area contributed by atoms with Crippen molar-refractivity contribution < 1.29 is 29.7 Å². The maximum absolute atomic E-state index is 12.5. The molecule has 0 aromatic carbocycles. The molecule has 0 saturated heterocycles. The summed E-state index contributed by atoms with van der Waals surface area (Å²) < 4.78 is 0. The van der Waals surface area contributed by atoms with E-state index in [9.17, 15) is 24.3 Å². The maximum atomic E-state index is 12.5. The van der Waals surface area contributed by atoms with Gasteiger partial charge in [0.25, 0.3) is 5.56 Å². The second kappa shape index (κ2) is 10.8. The third kappa shape index (κ3) is 6.11. The number of H-pyrrole nitrogens is 1. The average Bonchev–Trinajstić information content (AvgIpc) is 2.80. The molecule has 1 aliphatic rings. The zero-order valence-electron chi connectivity index (χ0n) is 18.0. The van der Waals surface area contributed by atoms with Crippen LogP contribution < -0.4 is 21.9 Å². The SMILES string of the molecule is Nc1nc2ncc(CNC3C=CC(C(=O)NC(CC(CO)C(=O)O)C(=O)O)CC3)nc2c(=O)[nH]1. The van der Waals surface area contributed by atoms with E-state index in [1.54, 1.807) is 12.2 Å². The van der Waals surface area contributed by atoms with Crippen LogP contribution in [0.25, 0.3) is 11.2 Å². The van der Waals surface area contributed by atoms with Gasteiger partial charge in [-0.2, -0.15) is 4.98 Å². The first-order valence-electron chi connectivity index (χ1n) is 10.5. The number of aromatic amines is 1. The number of carboxylic acid groups (broad SMARTS) is 2. The average molecular weight is 475 g/mol. The number of aliphatic hydroxyl groups is 1. The number of nitrogen functional groups attached to an aromatic ring is 1. The molecule has 2 heterocycles. The quantitative estimate of drug-likeness (QED) is 0.192. The lowest BCUT2D eigenvalue weighted by Gasteiger charge is -2.25. The molecule has 4 unspecified atom stereocenters. The fraction of sp³-hybridized carbons (Fsp3) is 0.450. The van der Waals surface area contributed by atoms with Crippen molar-refractivity contribution in [2.45, 2.75) is 37.9 Å². The van der Waals surface area contributed by atoms with Gasteiger partial charge in [0.15, 0.2) is 11.2 Å². The number of anilines is 1. The molecule has 0 bridgehead atoms. The van der Waals surface area contributed by atoms with Crippen LogP contribution in [0.1, 0.15) is 25.0 Å². The molecule has 2 aromatic rings. The number of fused-ring (bicyclic) bond motifs is 1. The largest absolute Gasteiger partial charge is 0.481 e. The number of hydrogen-bond acceptors (Lipinski definition) is 10. The number of rotatable bonds is 10. The van der Waals surface area contributed by atoms with Gasteiger partial charge in [-0.15, -0.1) is 0 Å². The molecular weight excluding hydrogens is 450 g/mol. The van der Waals surface area contributed by atoms with E-state index in [1.165, 1.54) is 6.20 Å². The summed E-state index contributed by atoms with van der Waals surface area (Å²) in [6, 6.07) is -1.52. The van der Waals surface area contributed by atoms with E-state index in [-0.39, 0.29) is 23.2 Å². The number of carboxylic acids is 2. The van der Waals surface area contributed by atoms with Crippen LogP contribution in [-0.2, 0) is 20.9 Å². The first-order chi connectivity index (χ1) is 16.2. The van der Waals surface area contributed by atoms with Crippen LogP contribution in [0.4, 0.5) is 5.95 Å². The van der Waals surface area contributed by atoms with Crippen LogP contribution in [0.15, 0.2) is 23.1 Å². The molecule has 14 heteroatoms. The van der Waals surface area contributed by atoms with Crippen molar-refractivity contribution in [3.8, 4) is 0 Å². The van der Waals surface area contributed by atoms with Gasteiger partial charge in [0.2, 0.25) is 11.9 Å². The summed E-state index contributed by atoms with van der Waals surface area (Å²) in [5, 5.41) is 33.0. The van der Waals surface area contributed by atoms with Gasteiger partial charge in [-0.3, -0.25) is 19.4 Å². The molecule has 0 saturated carbocycles. The van der Waals surface area contributed by atoms with Crippen LogP contribution in [0.2, 0.25) is 0 Å². The predicted molar refractivity (Wildman–Crippen MR) is 117 cm³/mol. The van der Waals surface area contributed by atoms with Gasteiger partial charge in [0.05, 0.1) is 30.3 Å². The number of amides is 1. The number of aliphatic hydroxyl groups excluding tert-OH is 1. The lowest BCUT2D eigenvalue weighted by atomic mass is 9.91. The predicted octanol–water partition coefficient (Wildman–Crippen LogP) is -1.63. The van der Waals surface area contributed by atoms with Crippen LogP contribution >= 0.6 is 0 Å². The first-order valence-corrected chi connectivity index (χ1v) is 10.5. The number of nitrogens with zero attached hydrogens (tertiary/aromatic N) is 3. The fourth-order valence-electron chi connectivity index (χ4n) is 3.54. The van der Waals surface area contributed by atoms with Gasteiger partial charge in [0, 0.05) is 12.6 Å². The molecule has 2 aromatic heterocycles. The Morgan fingerprint density at radius 2 is 1.94 bits per heavy atom. The summed E-state index contributed by atoms with van der Waals surface area (Å²) in [5.74, 6) is -5.16. The molecular formula is C20H25N7O7. The van der Waals surface area contributed by atoms with Crippen LogP contribution in [0.5, 0.6) is 0 Å². The molecule has 14 nitrogen and oxygen atoms in total. The van der Waals surface area contributed by atoms with Crippen molar-refractivity contribution in [3.63, 3.8) is 0 Å². The highest BCUT2D eigenvalue weighted by molar-refractivity contribution is 5.86. The van der Waals surface area contributed by atoms with E-state index in [2.05, 4.69) is 30.6 Å². The van der Waals surface area contributed by atoms with Crippen molar-refractivity contribution in [3.05, 3.63) is 34.4 Å². The van der Waals surface area contributed by atoms with Crippen molar-refractivity contribution in [2.75, 3.05) is 12.3 Å². The number of aliphatic carboxylic acids is 2.